The SMILES string of the molecule is OCc1cc(F)cc(N2CCC(c3ccccc3)C2)c1. The molecule has 2 aromatic carbocycles. The molecular formula is C17H18FNO. The van der Waals surface area contributed by atoms with E-state index in [9.17, 15) is 9.50 Å². The summed E-state index contributed by atoms with van der Waals surface area (Å²) in [5, 5.41) is 9.17. The zero-order chi connectivity index (χ0) is 13.9. The summed E-state index contributed by atoms with van der Waals surface area (Å²) >= 11 is 0. The summed E-state index contributed by atoms with van der Waals surface area (Å²) in [4.78, 5) is 2.19. The Morgan fingerprint density at radius 2 is 1.95 bits per heavy atom. The number of hydrogen-bond donors (Lipinski definition) is 1. The average molecular weight is 271 g/mol. The molecule has 1 aliphatic heterocycles. The second kappa shape index (κ2) is 5.63. The number of aliphatic hydroxyl groups excluding tert-OH is 1. The number of rotatable bonds is 3. The molecule has 3 heteroatoms. The van der Waals surface area contributed by atoms with Crippen LogP contribution < -0.4 is 4.90 Å². The molecule has 1 heterocycles. The van der Waals surface area contributed by atoms with Gasteiger partial charge in [0.2, 0.25) is 0 Å². The number of aliphatic hydroxyl groups is 1. The van der Waals surface area contributed by atoms with E-state index in [0.29, 0.717) is 11.5 Å². The van der Waals surface area contributed by atoms with Gasteiger partial charge in [-0.3, -0.25) is 0 Å². The fourth-order valence-electron chi connectivity index (χ4n) is 2.90. The Bertz CT molecular complexity index is 585. The van der Waals surface area contributed by atoms with Crippen LogP contribution in [-0.2, 0) is 6.61 Å². The first kappa shape index (κ1) is 13.1. The lowest BCUT2D eigenvalue weighted by atomic mass is 9.99. The molecule has 0 spiro atoms. The van der Waals surface area contributed by atoms with Crippen LogP contribution in [0, 0.1) is 5.82 Å². The van der Waals surface area contributed by atoms with Gasteiger partial charge >= 0.3 is 0 Å². The minimum absolute atomic E-state index is 0.124. The topological polar surface area (TPSA) is 23.5 Å². The number of benzene rings is 2. The van der Waals surface area contributed by atoms with E-state index in [4.69, 9.17) is 0 Å². The molecule has 20 heavy (non-hydrogen) atoms. The maximum absolute atomic E-state index is 13.6. The average Bonchev–Trinajstić information content (AvgIpc) is 2.97. The van der Waals surface area contributed by atoms with Crippen molar-refractivity contribution in [3.05, 3.63) is 65.5 Å². The van der Waals surface area contributed by atoms with Crippen LogP contribution in [0.15, 0.2) is 48.5 Å². The van der Waals surface area contributed by atoms with Crippen LogP contribution in [0.3, 0.4) is 0 Å². The van der Waals surface area contributed by atoms with Crippen molar-refractivity contribution in [1.29, 1.82) is 0 Å². The van der Waals surface area contributed by atoms with Crippen molar-refractivity contribution < 1.29 is 9.50 Å². The minimum atomic E-state index is -0.283. The Morgan fingerprint density at radius 1 is 1.15 bits per heavy atom. The molecule has 1 aliphatic rings. The van der Waals surface area contributed by atoms with Crippen LogP contribution in [-0.4, -0.2) is 18.2 Å². The van der Waals surface area contributed by atoms with E-state index in [0.717, 1.165) is 25.2 Å². The molecule has 0 aliphatic carbocycles. The van der Waals surface area contributed by atoms with E-state index < -0.39 is 0 Å². The predicted molar refractivity (Wildman–Crippen MR) is 78.3 cm³/mol. The lowest BCUT2D eigenvalue weighted by molar-refractivity contribution is 0.281. The molecule has 2 nitrogen and oxygen atoms in total. The maximum atomic E-state index is 13.6. The summed E-state index contributed by atoms with van der Waals surface area (Å²) in [5.41, 5.74) is 2.84. The number of hydrogen-bond acceptors (Lipinski definition) is 2. The predicted octanol–water partition coefficient (Wildman–Crippen LogP) is 3.31. The molecule has 0 aromatic heterocycles. The zero-order valence-electron chi connectivity index (χ0n) is 11.3. The molecule has 1 fully saturated rings. The third-order valence-electron chi connectivity index (χ3n) is 3.95. The second-order valence-electron chi connectivity index (χ2n) is 5.32. The molecule has 0 bridgehead atoms. The van der Waals surface area contributed by atoms with Crippen molar-refractivity contribution in [2.75, 3.05) is 18.0 Å². The molecule has 3 rings (SSSR count). The van der Waals surface area contributed by atoms with Crippen LogP contribution in [0.1, 0.15) is 23.5 Å². The molecule has 0 saturated carbocycles. The summed E-state index contributed by atoms with van der Waals surface area (Å²) in [6.07, 6.45) is 1.08. The van der Waals surface area contributed by atoms with Gasteiger partial charge in [-0.05, 0) is 35.7 Å². The third-order valence-corrected chi connectivity index (χ3v) is 3.95. The molecule has 2 aromatic rings. The highest BCUT2D eigenvalue weighted by molar-refractivity contribution is 5.50. The first-order valence-electron chi connectivity index (χ1n) is 6.96. The fraction of sp³-hybridized carbons (Fsp3) is 0.294. The fourth-order valence-corrected chi connectivity index (χ4v) is 2.90. The first-order chi connectivity index (χ1) is 9.76. The van der Waals surface area contributed by atoms with Gasteiger partial charge in [-0.25, -0.2) is 4.39 Å². The van der Waals surface area contributed by atoms with E-state index in [1.54, 1.807) is 6.07 Å². The van der Waals surface area contributed by atoms with Crippen LogP contribution in [0.25, 0.3) is 0 Å². The highest BCUT2D eigenvalue weighted by Gasteiger charge is 2.24. The van der Waals surface area contributed by atoms with Crippen molar-refractivity contribution in [3.63, 3.8) is 0 Å². The van der Waals surface area contributed by atoms with Gasteiger partial charge in [0.15, 0.2) is 0 Å². The largest absolute Gasteiger partial charge is 0.392 e. The van der Waals surface area contributed by atoms with Gasteiger partial charge in [-0.1, -0.05) is 30.3 Å². The molecule has 1 unspecified atom stereocenters. The van der Waals surface area contributed by atoms with E-state index in [-0.39, 0.29) is 12.4 Å². The lowest BCUT2D eigenvalue weighted by Crippen LogP contribution is -2.19. The smallest absolute Gasteiger partial charge is 0.125 e. The van der Waals surface area contributed by atoms with Crippen molar-refractivity contribution in [3.8, 4) is 0 Å². The Kier molecular flexibility index (Phi) is 3.70. The molecule has 1 saturated heterocycles. The Morgan fingerprint density at radius 3 is 2.70 bits per heavy atom. The Balaban J connectivity index is 1.79. The highest BCUT2D eigenvalue weighted by atomic mass is 19.1. The first-order valence-corrected chi connectivity index (χ1v) is 6.96. The number of anilines is 1. The number of nitrogens with zero attached hydrogens (tertiary/aromatic N) is 1. The van der Waals surface area contributed by atoms with E-state index in [2.05, 4.69) is 29.2 Å². The maximum Gasteiger partial charge on any atom is 0.125 e. The summed E-state index contributed by atoms with van der Waals surface area (Å²) < 4.78 is 13.6. The second-order valence-corrected chi connectivity index (χ2v) is 5.32. The van der Waals surface area contributed by atoms with Crippen molar-refractivity contribution in [1.82, 2.24) is 0 Å². The summed E-state index contributed by atoms with van der Waals surface area (Å²) in [5.74, 6) is 0.215. The minimum Gasteiger partial charge on any atom is -0.392 e. The van der Waals surface area contributed by atoms with E-state index >= 15 is 0 Å². The van der Waals surface area contributed by atoms with Crippen LogP contribution in [0.2, 0.25) is 0 Å². The Labute approximate surface area is 118 Å². The molecule has 0 radical (unpaired) electrons. The lowest BCUT2D eigenvalue weighted by Gasteiger charge is -2.19. The summed E-state index contributed by atoms with van der Waals surface area (Å²) in [6.45, 7) is 1.70. The van der Waals surface area contributed by atoms with Crippen LogP contribution >= 0.6 is 0 Å². The summed E-state index contributed by atoms with van der Waals surface area (Å²) in [6, 6.07) is 15.2. The zero-order valence-corrected chi connectivity index (χ0v) is 11.3. The van der Waals surface area contributed by atoms with Gasteiger partial charge < -0.3 is 10.0 Å². The van der Waals surface area contributed by atoms with Crippen molar-refractivity contribution >= 4 is 5.69 Å². The van der Waals surface area contributed by atoms with Gasteiger partial charge in [0.1, 0.15) is 5.82 Å². The van der Waals surface area contributed by atoms with E-state index in [1.807, 2.05) is 12.1 Å². The van der Waals surface area contributed by atoms with Gasteiger partial charge in [-0.15, -0.1) is 0 Å². The van der Waals surface area contributed by atoms with Gasteiger partial charge in [-0.2, -0.15) is 0 Å². The molecule has 1 N–H and O–H groups in total. The molecule has 0 amide bonds. The van der Waals surface area contributed by atoms with Crippen molar-refractivity contribution in [2.45, 2.75) is 18.9 Å². The van der Waals surface area contributed by atoms with Gasteiger partial charge in [0, 0.05) is 24.7 Å². The summed E-state index contributed by atoms with van der Waals surface area (Å²) in [7, 11) is 0. The number of halogens is 1. The normalized spacial score (nSPS) is 18.5. The van der Waals surface area contributed by atoms with Gasteiger partial charge in [0.05, 0.1) is 6.61 Å². The monoisotopic (exact) mass is 271 g/mol. The van der Waals surface area contributed by atoms with Crippen LogP contribution in [0.4, 0.5) is 10.1 Å². The Hall–Kier alpha value is -1.87. The molecule has 104 valence electrons. The van der Waals surface area contributed by atoms with Crippen LogP contribution in [0.5, 0.6) is 0 Å². The highest BCUT2D eigenvalue weighted by Crippen LogP contribution is 2.31. The quantitative estimate of drug-likeness (QED) is 0.925. The standard InChI is InChI=1S/C17H18FNO/c18-16-8-13(12-20)9-17(10-16)19-7-6-15(11-19)14-4-2-1-3-5-14/h1-5,8-10,15,20H,6-7,11-12H2. The van der Waals surface area contributed by atoms with Gasteiger partial charge in [0.25, 0.3) is 0 Å². The van der Waals surface area contributed by atoms with E-state index in [1.165, 1.54) is 11.6 Å². The third kappa shape index (κ3) is 2.68. The molecule has 1 atom stereocenters. The molecular weight excluding hydrogens is 253 g/mol. The van der Waals surface area contributed by atoms with Crippen molar-refractivity contribution in [2.24, 2.45) is 0 Å².